The summed E-state index contributed by atoms with van der Waals surface area (Å²) in [6, 6.07) is 0. The van der Waals surface area contributed by atoms with E-state index >= 15 is 0 Å². The molecular weight excluding hydrogens is 200 g/mol. The summed E-state index contributed by atoms with van der Waals surface area (Å²) in [4.78, 5) is 0. The van der Waals surface area contributed by atoms with Crippen molar-refractivity contribution in [3.05, 3.63) is 0 Å². The summed E-state index contributed by atoms with van der Waals surface area (Å²) < 4.78 is 5.26. The fourth-order valence-corrected chi connectivity index (χ4v) is 1.29. The first-order valence-corrected chi connectivity index (χ1v) is 6.02. The fourth-order valence-electron chi connectivity index (χ4n) is 1.20. The summed E-state index contributed by atoms with van der Waals surface area (Å²) in [7, 11) is 0. The van der Waals surface area contributed by atoms with E-state index in [-0.39, 0.29) is 5.88 Å². The zero-order valence-corrected chi connectivity index (χ0v) is 10.1. The Hall–Kier alpha value is 0.210. The highest BCUT2D eigenvalue weighted by molar-refractivity contribution is 6.18. The maximum absolute atomic E-state index is 9.08. The predicted octanol–water partition coefficient (Wildman–Crippen LogP) is 2.82. The lowest BCUT2D eigenvalue weighted by Crippen LogP contribution is -2.17. The van der Waals surface area contributed by atoms with Crippen molar-refractivity contribution in [1.29, 1.82) is 0 Å². The number of halogens is 1. The van der Waals surface area contributed by atoms with Gasteiger partial charge in [0.15, 0.2) is 0 Å². The van der Waals surface area contributed by atoms with Gasteiger partial charge >= 0.3 is 0 Å². The number of ether oxygens (including phenoxy) is 1. The molecular formula is C11H23ClO2. The predicted molar refractivity (Wildman–Crippen MR) is 60.9 cm³/mol. The van der Waals surface area contributed by atoms with Crippen molar-refractivity contribution in [2.24, 2.45) is 5.92 Å². The van der Waals surface area contributed by atoms with E-state index in [0.717, 1.165) is 18.9 Å². The molecule has 1 N–H and O–H groups in total. The van der Waals surface area contributed by atoms with Crippen molar-refractivity contribution in [2.75, 3.05) is 19.1 Å². The Morgan fingerprint density at radius 2 is 1.93 bits per heavy atom. The Balaban J connectivity index is 2.99. The van der Waals surface area contributed by atoms with Crippen LogP contribution in [0.5, 0.6) is 0 Å². The van der Waals surface area contributed by atoms with Gasteiger partial charge in [-0.15, -0.1) is 11.6 Å². The third-order valence-corrected chi connectivity index (χ3v) is 2.41. The van der Waals surface area contributed by atoms with E-state index in [2.05, 4.69) is 13.8 Å². The van der Waals surface area contributed by atoms with Gasteiger partial charge in [-0.3, -0.25) is 0 Å². The second kappa shape index (κ2) is 9.75. The number of rotatable bonds is 9. The van der Waals surface area contributed by atoms with Gasteiger partial charge in [-0.2, -0.15) is 0 Å². The van der Waals surface area contributed by atoms with Gasteiger partial charge < -0.3 is 9.84 Å². The first-order chi connectivity index (χ1) is 6.66. The summed E-state index contributed by atoms with van der Waals surface area (Å²) in [6.45, 7) is 5.60. The second-order valence-electron chi connectivity index (χ2n) is 4.13. The number of unbranched alkanes of at least 4 members (excludes halogenated alkanes) is 2. The first kappa shape index (κ1) is 14.2. The van der Waals surface area contributed by atoms with Gasteiger partial charge in [0.2, 0.25) is 0 Å². The summed E-state index contributed by atoms with van der Waals surface area (Å²) in [5.41, 5.74) is 0. The van der Waals surface area contributed by atoms with Gasteiger partial charge in [-0.1, -0.05) is 33.1 Å². The van der Waals surface area contributed by atoms with E-state index < -0.39 is 6.10 Å². The lowest BCUT2D eigenvalue weighted by Gasteiger charge is -2.08. The van der Waals surface area contributed by atoms with Crippen molar-refractivity contribution in [1.82, 2.24) is 0 Å². The number of hydrogen-bond acceptors (Lipinski definition) is 2. The van der Waals surface area contributed by atoms with Crippen LogP contribution in [0.25, 0.3) is 0 Å². The molecule has 1 atom stereocenters. The van der Waals surface area contributed by atoms with Gasteiger partial charge in [0.05, 0.1) is 18.6 Å². The third-order valence-electron chi connectivity index (χ3n) is 2.06. The maximum Gasteiger partial charge on any atom is 0.0908 e. The van der Waals surface area contributed by atoms with Crippen LogP contribution in [0.4, 0.5) is 0 Å². The molecule has 0 aliphatic rings. The molecule has 0 amide bonds. The molecule has 0 aliphatic heterocycles. The number of alkyl halides is 1. The molecule has 14 heavy (non-hydrogen) atoms. The van der Waals surface area contributed by atoms with Gasteiger partial charge in [-0.05, 0) is 12.3 Å². The second-order valence-corrected chi connectivity index (χ2v) is 4.43. The molecule has 1 unspecified atom stereocenters. The normalized spacial score (nSPS) is 13.5. The molecule has 0 radical (unpaired) electrons. The average Bonchev–Trinajstić information content (AvgIpc) is 2.15. The molecule has 86 valence electrons. The van der Waals surface area contributed by atoms with E-state index in [1.54, 1.807) is 0 Å². The molecule has 0 bridgehead atoms. The van der Waals surface area contributed by atoms with Crippen LogP contribution in [-0.4, -0.2) is 30.3 Å². The minimum absolute atomic E-state index is 0.257. The highest BCUT2D eigenvalue weighted by atomic mass is 35.5. The molecule has 0 aromatic heterocycles. The Morgan fingerprint density at radius 3 is 2.50 bits per heavy atom. The monoisotopic (exact) mass is 222 g/mol. The summed E-state index contributed by atoms with van der Waals surface area (Å²) in [5.74, 6) is 1.06. The summed E-state index contributed by atoms with van der Waals surface area (Å²) >= 11 is 5.42. The van der Waals surface area contributed by atoms with E-state index in [1.165, 1.54) is 19.3 Å². The molecule has 0 saturated carbocycles. The average molecular weight is 223 g/mol. The zero-order valence-electron chi connectivity index (χ0n) is 9.34. The third kappa shape index (κ3) is 10.3. The Kier molecular flexibility index (Phi) is 9.90. The lowest BCUT2D eigenvalue weighted by molar-refractivity contribution is 0.0461. The Morgan fingerprint density at radius 1 is 1.21 bits per heavy atom. The van der Waals surface area contributed by atoms with E-state index in [4.69, 9.17) is 21.4 Å². The molecule has 0 aromatic rings. The lowest BCUT2D eigenvalue weighted by atomic mass is 10.1. The van der Waals surface area contributed by atoms with Crippen LogP contribution in [0.2, 0.25) is 0 Å². The molecule has 2 nitrogen and oxygen atoms in total. The highest BCUT2D eigenvalue weighted by Crippen LogP contribution is 2.07. The van der Waals surface area contributed by atoms with Crippen LogP contribution >= 0.6 is 11.6 Å². The molecule has 0 aliphatic carbocycles. The van der Waals surface area contributed by atoms with E-state index in [0.29, 0.717) is 6.61 Å². The minimum atomic E-state index is -0.507. The van der Waals surface area contributed by atoms with Crippen LogP contribution in [-0.2, 0) is 4.74 Å². The van der Waals surface area contributed by atoms with E-state index in [1.807, 2.05) is 0 Å². The van der Waals surface area contributed by atoms with E-state index in [9.17, 15) is 0 Å². The topological polar surface area (TPSA) is 29.5 Å². The molecule has 3 heteroatoms. The molecule has 0 fully saturated rings. The molecule has 0 saturated heterocycles. The highest BCUT2D eigenvalue weighted by Gasteiger charge is 2.00. The van der Waals surface area contributed by atoms with Gasteiger partial charge in [0.25, 0.3) is 0 Å². The van der Waals surface area contributed by atoms with Crippen LogP contribution in [0.1, 0.15) is 39.5 Å². The zero-order chi connectivity index (χ0) is 10.8. The van der Waals surface area contributed by atoms with Gasteiger partial charge in [-0.25, -0.2) is 0 Å². The quantitative estimate of drug-likeness (QED) is 0.480. The SMILES string of the molecule is CC(C)CCCCCOCC(O)CCl. The minimum Gasteiger partial charge on any atom is -0.389 e. The summed E-state index contributed by atoms with van der Waals surface area (Å²) in [6.07, 6.45) is 4.37. The fraction of sp³-hybridized carbons (Fsp3) is 1.00. The van der Waals surface area contributed by atoms with Crippen molar-refractivity contribution < 1.29 is 9.84 Å². The Bertz CT molecular complexity index is 118. The van der Waals surface area contributed by atoms with Crippen LogP contribution in [0.15, 0.2) is 0 Å². The number of aliphatic hydroxyl groups is 1. The molecule has 0 rings (SSSR count). The molecule has 0 heterocycles. The smallest absolute Gasteiger partial charge is 0.0908 e. The van der Waals surface area contributed by atoms with Crippen LogP contribution in [0, 0.1) is 5.92 Å². The number of aliphatic hydroxyl groups excluding tert-OH is 1. The summed E-state index contributed by atoms with van der Waals surface area (Å²) in [5, 5.41) is 9.08. The van der Waals surface area contributed by atoms with Crippen molar-refractivity contribution in [3.63, 3.8) is 0 Å². The molecule has 0 spiro atoms. The number of hydrogen-bond donors (Lipinski definition) is 1. The first-order valence-electron chi connectivity index (χ1n) is 5.48. The standard InChI is InChI=1S/C11H23ClO2/c1-10(2)6-4-3-5-7-14-9-11(13)8-12/h10-11,13H,3-9H2,1-2H3. The van der Waals surface area contributed by atoms with Crippen LogP contribution in [0.3, 0.4) is 0 Å². The van der Waals surface area contributed by atoms with Gasteiger partial charge in [0, 0.05) is 6.61 Å². The maximum atomic E-state index is 9.08. The Labute approximate surface area is 92.6 Å². The van der Waals surface area contributed by atoms with Crippen molar-refractivity contribution in [3.8, 4) is 0 Å². The van der Waals surface area contributed by atoms with Crippen LogP contribution < -0.4 is 0 Å². The van der Waals surface area contributed by atoms with Crippen molar-refractivity contribution >= 4 is 11.6 Å². The largest absolute Gasteiger partial charge is 0.389 e. The van der Waals surface area contributed by atoms with Gasteiger partial charge in [0.1, 0.15) is 0 Å². The van der Waals surface area contributed by atoms with Crippen molar-refractivity contribution in [2.45, 2.75) is 45.6 Å². The molecule has 0 aromatic carbocycles.